The van der Waals surface area contributed by atoms with Gasteiger partial charge in [-0.05, 0) is 6.42 Å². The molecular weight excluding hydrogens is 148 g/mol. The molecule has 0 radical (unpaired) electrons. The van der Waals surface area contributed by atoms with Gasteiger partial charge in [0, 0.05) is 0 Å². The van der Waals surface area contributed by atoms with Crippen molar-refractivity contribution in [2.24, 2.45) is 0 Å². The van der Waals surface area contributed by atoms with Crippen molar-refractivity contribution in [3.63, 3.8) is 0 Å². The zero-order valence-electron chi connectivity index (χ0n) is 6.62. The minimum Gasteiger partial charge on any atom is -0.464 e. The average Bonchev–Trinajstić information content (AvgIpc) is 2.03. The first kappa shape index (κ1) is 10.4. The summed E-state index contributed by atoms with van der Waals surface area (Å²) in [5, 5.41) is 17.0. The van der Waals surface area contributed by atoms with Crippen molar-refractivity contribution in [3.05, 3.63) is 0 Å². The molecule has 0 unspecified atom stereocenters. The Kier molecular flexibility index (Phi) is 5.78. The largest absolute Gasteiger partial charge is 0.464 e. The number of carbonyl (C=O) groups is 1. The van der Waals surface area contributed by atoms with E-state index in [0.29, 0.717) is 6.61 Å². The van der Waals surface area contributed by atoms with Crippen molar-refractivity contribution in [1.29, 1.82) is 0 Å². The van der Waals surface area contributed by atoms with E-state index >= 15 is 0 Å². The first-order valence-corrected chi connectivity index (χ1v) is 3.68. The van der Waals surface area contributed by atoms with E-state index in [9.17, 15) is 4.79 Å². The Morgan fingerprint density at radius 3 is 2.73 bits per heavy atom. The molecule has 0 aliphatic carbocycles. The van der Waals surface area contributed by atoms with Gasteiger partial charge in [-0.15, -0.1) is 0 Å². The first-order chi connectivity index (χ1) is 5.22. The molecular formula is C7H14O4. The van der Waals surface area contributed by atoms with Crippen LogP contribution in [0.2, 0.25) is 0 Å². The van der Waals surface area contributed by atoms with Gasteiger partial charge in [-0.1, -0.05) is 13.3 Å². The fraction of sp³-hybridized carbons (Fsp3) is 0.857. The Morgan fingerprint density at radius 2 is 2.27 bits per heavy atom. The predicted octanol–water partition coefficient (Wildman–Crippen LogP) is -0.317. The molecule has 1 atom stereocenters. The summed E-state index contributed by atoms with van der Waals surface area (Å²) in [6.45, 7) is 1.70. The summed E-state index contributed by atoms with van der Waals surface area (Å²) in [7, 11) is 0. The monoisotopic (exact) mass is 162 g/mol. The number of aliphatic hydroxyl groups is 2. The van der Waals surface area contributed by atoms with Gasteiger partial charge in [0.15, 0.2) is 6.10 Å². The van der Waals surface area contributed by atoms with E-state index in [-0.39, 0.29) is 0 Å². The Morgan fingerprint density at radius 1 is 1.64 bits per heavy atom. The summed E-state index contributed by atoms with van der Waals surface area (Å²) < 4.78 is 4.59. The molecule has 66 valence electrons. The number of ether oxygens (including phenoxy) is 1. The zero-order valence-corrected chi connectivity index (χ0v) is 6.62. The van der Waals surface area contributed by atoms with Gasteiger partial charge in [-0.2, -0.15) is 0 Å². The highest BCUT2D eigenvalue weighted by Gasteiger charge is 2.13. The van der Waals surface area contributed by atoms with E-state index < -0.39 is 18.7 Å². The molecule has 4 nitrogen and oxygen atoms in total. The van der Waals surface area contributed by atoms with E-state index in [2.05, 4.69) is 4.74 Å². The number of rotatable bonds is 5. The van der Waals surface area contributed by atoms with Crippen LogP contribution in [0, 0.1) is 0 Å². The number of carbonyl (C=O) groups excluding carboxylic acids is 1. The van der Waals surface area contributed by atoms with Crippen LogP contribution in [0.1, 0.15) is 19.8 Å². The van der Waals surface area contributed by atoms with Gasteiger partial charge in [-0.25, -0.2) is 4.79 Å². The van der Waals surface area contributed by atoms with Crippen LogP contribution in [-0.2, 0) is 9.53 Å². The Balaban J connectivity index is 3.36. The van der Waals surface area contributed by atoms with Gasteiger partial charge in [0.1, 0.15) is 0 Å². The third kappa shape index (κ3) is 4.75. The minimum absolute atomic E-state index is 0.312. The second-order valence-electron chi connectivity index (χ2n) is 2.22. The molecule has 0 aliphatic rings. The second kappa shape index (κ2) is 6.12. The van der Waals surface area contributed by atoms with Gasteiger partial charge in [0.2, 0.25) is 0 Å². The molecule has 4 heteroatoms. The summed E-state index contributed by atoms with van der Waals surface area (Å²) in [5.74, 6) is -0.749. The number of hydrogen-bond acceptors (Lipinski definition) is 4. The lowest BCUT2D eigenvalue weighted by Gasteiger charge is -2.06. The van der Waals surface area contributed by atoms with E-state index in [4.69, 9.17) is 10.2 Å². The van der Waals surface area contributed by atoms with E-state index in [1.54, 1.807) is 0 Å². The van der Waals surface area contributed by atoms with Crippen LogP contribution in [0.5, 0.6) is 0 Å². The SMILES string of the molecule is CCCCOC(=O)[C@@H](O)CO. The van der Waals surface area contributed by atoms with Gasteiger partial charge >= 0.3 is 5.97 Å². The molecule has 0 rings (SSSR count). The molecule has 0 saturated heterocycles. The third-order valence-corrected chi connectivity index (χ3v) is 1.19. The zero-order chi connectivity index (χ0) is 8.69. The molecule has 0 aromatic heterocycles. The molecule has 0 bridgehead atoms. The normalized spacial score (nSPS) is 12.6. The Labute approximate surface area is 65.8 Å². The van der Waals surface area contributed by atoms with Crippen LogP contribution in [0.25, 0.3) is 0 Å². The topological polar surface area (TPSA) is 66.8 Å². The summed E-state index contributed by atoms with van der Waals surface area (Å²) in [4.78, 5) is 10.6. The molecule has 0 aromatic carbocycles. The van der Waals surface area contributed by atoms with Crippen LogP contribution in [0.15, 0.2) is 0 Å². The molecule has 0 heterocycles. The van der Waals surface area contributed by atoms with Crippen molar-refractivity contribution < 1.29 is 19.7 Å². The van der Waals surface area contributed by atoms with Crippen molar-refractivity contribution in [3.8, 4) is 0 Å². The molecule has 2 N–H and O–H groups in total. The maximum atomic E-state index is 10.6. The lowest BCUT2D eigenvalue weighted by molar-refractivity contribution is -0.155. The Hall–Kier alpha value is -0.610. The predicted molar refractivity (Wildman–Crippen MR) is 39.0 cm³/mol. The molecule has 0 aliphatic heterocycles. The van der Waals surface area contributed by atoms with E-state index in [0.717, 1.165) is 12.8 Å². The number of hydrogen-bond donors (Lipinski definition) is 2. The fourth-order valence-electron chi connectivity index (χ4n) is 0.488. The van der Waals surface area contributed by atoms with Crippen LogP contribution in [0.4, 0.5) is 0 Å². The van der Waals surface area contributed by atoms with Gasteiger partial charge in [0.05, 0.1) is 13.2 Å². The van der Waals surface area contributed by atoms with Crippen LogP contribution >= 0.6 is 0 Å². The summed E-state index contributed by atoms with van der Waals surface area (Å²) >= 11 is 0. The quantitative estimate of drug-likeness (QED) is 0.429. The van der Waals surface area contributed by atoms with Crippen molar-refractivity contribution in [2.75, 3.05) is 13.2 Å². The van der Waals surface area contributed by atoms with Gasteiger partial charge < -0.3 is 14.9 Å². The Bertz CT molecular complexity index is 113. The van der Waals surface area contributed by atoms with Crippen molar-refractivity contribution in [2.45, 2.75) is 25.9 Å². The first-order valence-electron chi connectivity index (χ1n) is 3.68. The molecule has 0 fully saturated rings. The molecule has 0 spiro atoms. The van der Waals surface area contributed by atoms with Crippen LogP contribution in [-0.4, -0.2) is 35.5 Å². The molecule has 0 amide bonds. The second-order valence-corrected chi connectivity index (χ2v) is 2.22. The summed E-state index contributed by atoms with van der Waals surface area (Å²) in [5.41, 5.74) is 0. The lowest BCUT2D eigenvalue weighted by Crippen LogP contribution is -2.26. The molecule has 11 heavy (non-hydrogen) atoms. The fourth-order valence-corrected chi connectivity index (χ4v) is 0.488. The summed E-state index contributed by atoms with van der Waals surface area (Å²) in [6, 6.07) is 0. The minimum atomic E-state index is -1.38. The summed E-state index contributed by atoms with van der Waals surface area (Å²) in [6.07, 6.45) is 0.332. The highest BCUT2D eigenvalue weighted by atomic mass is 16.5. The van der Waals surface area contributed by atoms with Crippen LogP contribution < -0.4 is 0 Å². The average molecular weight is 162 g/mol. The third-order valence-electron chi connectivity index (χ3n) is 1.19. The number of unbranched alkanes of at least 4 members (excludes halogenated alkanes) is 1. The molecule has 0 saturated carbocycles. The highest BCUT2D eigenvalue weighted by molar-refractivity contribution is 5.74. The van der Waals surface area contributed by atoms with E-state index in [1.165, 1.54) is 0 Å². The smallest absolute Gasteiger partial charge is 0.337 e. The van der Waals surface area contributed by atoms with Crippen molar-refractivity contribution >= 4 is 5.97 Å². The van der Waals surface area contributed by atoms with Crippen molar-refractivity contribution in [1.82, 2.24) is 0 Å². The van der Waals surface area contributed by atoms with Gasteiger partial charge in [0.25, 0.3) is 0 Å². The molecule has 0 aromatic rings. The highest BCUT2D eigenvalue weighted by Crippen LogP contribution is 1.91. The van der Waals surface area contributed by atoms with Gasteiger partial charge in [-0.3, -0.25) is 0 Å². The maximum absolute atomic E-state index is 10.6. The maximum Gasteiger partial charge on any atom is 0.337 e. The number of aliphatic hydroxyl groups excluding tert-OH is 2. The van der Waals surface area contributed by atoms with E-state index in [1.807, 2.05) is 6.92 Å². The standard InChI is InChI=1S/C7H14O4/c1-2-3-4-11-7(10)6(9)5-8/h6,8-9H,2-5H2,1H3/t6-/m0/s1. The number of esters is 1. The van der Waals surface area contributed by atoms with Crippen LogP contribution in [0.3, 0.4) is 0 Å². The lowest BCUT2D eigenvalue weighted by atomic mass is 10.3.